The molecule has 2 aromatic rings. The number of carbonyl (C=O) groups is 1. The van der Waals surface area contributed by atoms with Gasteiger partial charge in [-0.05, 0) is 26.1 Å². The highest BCUT2D eigenvalue weighted by atomic mass is 32.1. The molecule has 1 aliphatic rings. The lowest BCUT2D eigenvalue weighted by atomic mass is 10.2. The first-order chi connectivity index (χ1) is 14.6. The van der Waals surface area contributed by atoms with Crippen molar-refractivity contribution in [2.24, 2.45) is 5.10 Å². The van der Waals surface area contributed by atoms with Gasteiger partial charge in [-0.1, -0.05) is 12.1 Å². The quantitative estimate of drug-likeness (QED) is 0.351. The number of likely N-dealkylation sites (N-methyl/N-ethyl adjacent to an activating group) is 1. The van der Waals surface area contributed by atoms with Gasteiger partial charge in [-0.25, -0.2) is 4.98 Å². The van der Waals surface area contributed by atoms with Crippen molar-refractivity contribution in [3.8, 4) is 5.75 Å². The maximum Gasteiger partial charge on any atom is 0.311 e. The van der Waals surface area contributed by atoms with E-state index in [0.717, 1.165) is 44.0 Å². The molecule has 2 heterocycles. The number of anilines is 1. The molecule has 1 aliphatic heterocycles. The molecule has 9 heteroatoms. The van der Waals surface area contributed by atoms with E-state index in [0.29, 0.717) is 24.0 Å². The van der Waals surface area contributed by atoms with Gasteiger partial charge < -0.3 is 14.4 Å². The molecule has 30 heavy (non-hydrogen) atoms. The molecule has 1 saturated heterocycles. The van der Waals surface area contributed by atoms with Crippen LogP contribution in [0.4, 0.5) is 5.13 Å². The average Bonchev–Trinajstić information content (AvgIpc) is 3.18. The molecule has 0 unspecified atom stereocenters. The minimum absolute atomic E-state index is 0.166. The lowest BCUT2D eigenvalue weighted by Gasteiger charge is -2.32. The first-order valence-electron chi connectivity index (χ1n) is 10.2. The number of para-hydroxylation sites is 1. The molecule has 0 bridgehead atoms. The third-order valence-electron chi connectivity index (χ3n) is 4.73. The predicted molar refractivity (Wildman–Crippen MR) is 120 cm³/mol. The van der Waals surface area contributed by atoms with Crippen LogP contribution < -0.4 is 10.2 Å². The van der Waals surface area contributed by atoms with E-state index in [4.69, 9.17) is 9.47 Å². The van der Waals surface area contributed by atoms with Gasteiger partial charge in [0.05, 0.1) is 24.9 Å². The van der Waals surface area contributed by atoms with Gasteiger partial charge in [0, 0.05) is 43.7 Å². The molecule has 3 rings (SSSR count). The molecule has 162 valence electrons. The van der Waals surface area contributed by atoms with Gasteiger partial charge in [0.2, 0.25) is 5.13 Å². The number of hydrogen-bond acceptors (Lipinski definition) is 9. The summed E-state index contributed by atoms with van der Waals surface area (Å²) in [4.78, 5) is 20.6. The number of nitrogens with zero attached hydrogens (tertiary/aromatic N) is 4. The number of hydrogen-bond donors (Lipinski definition) is 1. The summed E-state index contributed by atoms with van der Waals surface area (Å²) in [7, 11) is 2.16. The first-order valence-corrected chi connectivity index (χ1v) is 11.0. The Bertz CT molecular complexity index is 834. The Kier molecular flexibility index (Phi) is 8.61. The molecule has 1 fully saturated rings. The van der Waals surface area contributed by atoms with E-state index in [9.17, 15) is 4.79 Å². The molecule has 1 aromatic carbocycles. The Morgan fingerprint density at radius 1 is 1.30 bits per heavy atom. The summed E-state index contributed by atoms with van der Waals surface area (Å²) in [6, 6.07) is 7.82. The van der Waals surface area contributed by atoms with Gasteiger partial charge in [0.25, 0.3) is 0 Å². The van der Waals surface area contributed by atoms with Gasteiger partial charge >= 0.3 is 5.97 Å². The van der Waals surface area contributed by atoms with Crippen LogP contribution in [0.3, 0.4) is 0 Å². The van der Waals surface area contributed by atoms with E-state index in [-0.39, 0.29) is 12.4 Å². The predicted octanol–water partition coefficient (Wildman–Crippen LogP) is 2.32. The summed E-state index contributed by atoms with van der Waals surface area (Å²) in [5.41, 5.74) is 4.48. The van der Waals surface area contributed by atoms with E-state index in [1.807, 2.05) is 29.6 Å². The number of benzene rings is 1. The van der Waals surface area contributed by atoms with Crippen molar-refractivity contribution < 1.29 is 14.3 Å². The summed E-state index contributed by atoms with van der Waals surface area (Å²) in [6.07, 6.45) is 1.89. The van der Waals surface area contributed by atoms with E-state index in [2.05, 4.69) is 32.4 Å². The van der Waals surface area contributed by atoms with Gasteiger partial charge in [-0.2, -0.15) is 5.10 Å². The maximum absolute atomic E-state index is 11.5. The normalized spacial score (nSPS) is 15.4. The molecular formula is C21H29N5O3S. The number of aromatic nitrogens is 1. The maximum atomic E-state index is 11.5. The van der Waals surface area contributed by atoms with E-state index < -0.39 is 0 Å². The number of rotatable bonds is 10. The molecular weight excluding hydrogens is 402 g/mol. The smallest absolute Gasteiger partial charge is 0.311 e. The summed E-state index contributed by atoms with van der Waals surface area (Å²) in [5.74, 6) is 0.528. The zero-order chi connectivity index (χ0) is 21.2. The fraction of sp³-hybridized carbons (Fsp3) is 0.476. The van der Waals surface area contributed by atoms with Crippen LogP contribution in [-0.4, -0.2) is 80.0 Å². The van der Waals surface area contributed by atoms with Crippen LogP contribution in [-0.2, 0) is 16.0 Å². The molecule has 0 amide bonds. The molecule has 0 atom stereocenters. The number of nitrogens with one attached hydrogen (secondary N) is 1. The highest BCUT2D eigenvalue weighted by molar-refractivity contribution is 7.13. The Labute approximate surface area is 181 Å². The number of piperazine rings is 1. The van der Waals surface area contributed by atoms with E-state index in [1.165, 1.54) is 11.3 Å². The van der Waals surface area contributed by atoms with Gasteiger partial charge in [-0.15, -0.1) is 11.3 Å². The molecule has 0 radical (unpaired) electrons. The second-order valence-electron chi connectivity index (χ2n) is 7.03. The second-order valence-corrected chi connectivity index (χ2v) is 7.89. The third kappa shape index (κ3) is 7.08. The summed E-state index contributed by atoms with van der Waals surface area (Å²) in [5, 5.41) is 6.72. The SMILES string of the molecule is CCOC(=O)Cc1csc(NN=Cc2ccccc2OCCN2CCN(C)CC2)n1. The molecule has 8 nitrogen and oxygen atoms in total. The van der Waals surface area contributed by atoms with Gasteiger partial charge in [-0.3, -0.25) is 15.1 Å². The Morgan fingerprint density at radius 3 is 2.90 bits per heavy atom. The van der Waals surface area contributed by atoms with Crippen LogP contribution in [0, 0.1) is 0 Å². The number of hydrazone groups is 1. The zero-order valence-electron chi connectivity index (χ0n) is 17.5. The Balaban J connectivity index is 1.48. The van der Waals surface area contributed by atoms with E-state index >= 15 is 0 Å². The summed E-state index contributed by atoms with van der Waals surface area (Å²) >= 11 is 1.39. The second kappa shape index (κ2) is 11.6. The summed E-state index contributed by atoms with van der Waals surface area (Å²) < 4.78 is 10.9. The molecule has 0 spiro atoms. The van der Waals surface area contributed by atoms with E-state index in [1.54, 1.807) is 13.1 Å². The lowest BCUT2D eigenvalue weighted by Crippen LogP contribution is -2.45. The number of thiazole rings is 1. The number of carbonyl (C=O) groups excluding carboxylic acids is 1. The minimum Gasteiger partial charge on any atom is -0.492 e. The highest BCUT2D eigenvalue weighted by Crippen LogP contribution is 2.18. The number of esters is 1. The largest absolute Gasteiger partial charge is 0.492 e. The fourth-order valence-corrected chi connectivity index (χ4v) is 3.69. The topological polar surface area (TPSA) is 79.3 Å². The van der Waals surface area contributed by atoms with Gasteiger partial charge in [0.15, 0.2) is 0 Å². The van der Waals surface area contributed by atoms with Crippen LogP contribution >= 0.6 is 11.3 Å². The van der Waals surface area contributed by atoms with Crippen LogP contribution in [0.1, 0.15) is 18.2 Å². The third-order valence-corrected chi connectivity index (χ3v) is 5.52. The fourth-order valence-electron chi connectivity index (χ4n) is 3.03. The van der Waals surface area contributed by atoms with Crippen molar-refractivity contribution >= 4 is 28.7 Å². The molecule has 1 aromatic heterocycles. The zero-order valence-corrected chi connectivity index (χ0v) is 18.4. The standard InChI is InChI=1S/C21H29N5O3S/c1-3-28-20(27)14-18-16-30-21(23-18)24-22-15-17-6-4-5-7-19(17)29-13-12-26-10-8-25(2)9-11-26/h4-7,15-16H,3,8-14H2,1-2H3,(H,23,24). The van der Waals surface area contributed by atoms with Crippen molar-refractivity contribution in [2.45, 2.75) is 13.3 Å². The van der Waals surface area contributed by atoms with Gasteiger partial charge in [0.1, 0.15) is 12.4 Å². The summed E-state index contributed by atoms with van der Waals surface area (Å²) in [6.45, 7) is 8.09. The molecule has 0 saturated carbocycles. The first kappa shape index (κ1) is 22.2. The van der Waals surface area contributed by atoms with Crippen LogP contribution in [0.5, 0.6) is 5.75 Å². The van der Waals surface area contributed by atoms with Crippen molar-refractivity contribution in [2.75, 3.05) is 58.4 Å². The molecule has 0 aliphatic carbocycles. The Hall–Kier alpha value is -2.49. The Morgan fingerprint density at radius 2 is 2.10 bits per heavy atom. The van der Waals surface area contributed by atoms with Crippen LogP contribution in [0.25, 0.3) is 0 Å². The lowest BCUT2D eigenvalue weighted by molar-refractivity contribution is -0.142. The highest BCUT2D eigenvalue weighted by Gasteiger charge is 2.13. The monoisotopic (exact) mass is 431 g/mol. The number of ether oxygens (including phenoxy) is 2. The van der Waals surface area contributed by atoms with Crippen molar-refractivity contribution in [1.82, 2.24) is 14.8 Å². The van der Waals surface area contributed by atoms with Crippen molar-refractivity contribution in [1.29, 1.82) is 0 Å². The van der Waals surface area contributed by atoms with Crippen molar-refractivity contribution in [3.05, 3.63) is 40.9 Å². The van der Waals surface area contributed by atoms with Crippen LogP contribution in [0.15, 0.2) is 34.7 Å². The van der Waals surface area contributed by atoms with Crippen LogP contribution in [0.2, 0.25) is 0 Å². The molecule has 1 N–H and O–H groups in total. The van der Waals surface area contributed by atoms with Crippen molar-refractivity contribution in [3.63, 3.8) is 0 Å². The average molecular weight is 432 g/mol. The minimum atomic E-state index is -0.277.